The Morgan fingerprint density at radius 2 is 1.80 bits per heavy atom. The van der Waals surface area contributed by atoms with Crippen LogP contribution in [0, 0.1) is 30.1 Å². The van der Waals surface area contributed by atoms with Crippen molar-refractivity contribution in [2.45, 2.75) is 88.5 Å². The number of carboxylic acid groups (broad SMARTS) is 1. The van der Waals surface area contributed by atoms with E-state index >= 15 is 0 Å². The lowest BCUT2D eigenvalue weighted by Gasteiger charge is -2.54. The Bertz CT molecular complexity index is 1870. The van der Waals surface area contributed by atoms with E-state index in [4.69, 9.17) is 18.9 Å². The molecule has 1 aliphatic carbocycles. The summed E-state index contributed by atoms with van der Waals surface area (Å²) in [5.74, 6) is -0.415. The molecular formula is C42H52O12S2. The number of ether oxygens (including phenoxy) is 4. The van der Waals surface area contributed by atoms with Gasteiger partial charge in [0.05, 0.1) is 29.7 Å². The van der Waals surface area contributed by atoms with Crippen LogP contribution in [0.15, 0.2) is 48.5 Å². The average Bonchev–Trinajstić information content (AvgIpc) is 3.22. The predicted molar refractivity (Wildman–Crippen MR) is 212 cm³/mol. The molecule has 9 unspecified atom stereocenters. The number of ketones is 1. The standard InChI is InChI=1S/C42H52O12S2/c1-24-16-28-17-29(39(49)50)18-31(34(28)36(46)33(24)30(45)11-10-25-6-3-2-4-7-25)53-40-37(47)38(48)42(32(19-44)54-40)13-12-26-8-5-9-27-20-51-21-41(14-15-43,35(26)27)22-55-56-23-52-42/h2-4,6-7,16-18,26-27,32,35,37-38,40,43-44,46-48H,5,8-15,19-23H2,1H3,(H,49,50). The van der Waals surface area contributed by atoms with E-state index in [1.807, 2.05) is 30.3 Å². The first-order valence-electron chi connectivity index (χ1n) is 19.5. The zero-order chi connectivity index (χ0) is 39.6. The summed E-state index contributed by atoms with van der Waals surface area (Å²) in [6.07, 6.45) is -0.983. The van der Waals surface area contributed by atoms with Crippen LogP contribution >= 0.6 is 21.6 Å². The zero-order valence-electron chi connectivity index (χ0n) is 31.5. The van der Waals surface area contributed by atoms with E-state index in [2.05, 4.69) is 0 Å². The molecule has 3 aromatic rings. The highest BCUT2D eigenvalue weighted by Gasteiger charge is 2.59. The van der Waals surface area contributed by atoms with Gasteiger partial charge in [0.1, 0.15) is 41.4 Å². The number of carbonyl (C=O) groups excluding carboxylic acids is 1. The maximum Gasteiger partial charge on any atom is 0.335 e. The Morgan fingerprint density at radius 3 is 2.55 bits per heavy atom. The number of phenolic OH excluding ortho intramolecular Hbond substituents is 1. The van der Waals surface area contributed by atoms with Crippen molar-refractivity contribution in [3.05, 3.63) is 70.8 Å². The van der Waals surface area contributed by atoms with Gasteiger partial charge in [-0.05, 0) is 85.4 Å². The van der Waals surface area contributed by atoms with Gasteiger partial charge in [0, 0.05) is 30.8 Å². The van der Waals surface area contributed by atoms with Crippen molar-refractivity contribution in [2.75, 3.05) is 38.1 Å². The van der Waals surface area contributed by atoms with Crippen molar-refractivity contribution >= 4 is 44.1 Å². The molecule has 4 fully saturated rings. The molecule has 3 saturated heterocycles. The van der Waals surface area contributed by atoms with Crippen molar-refractivity contribution < 1.29 is 59.2 Å². The fourth-order valence-corrected chi connectivity index (χ4v) is 12.4. The van der Waals surface area contributed by atoms with Gasteiger partial charge in [-0.1, -0.05) is 70.8 Å². The number of phenols is 1. The van der Waals surface area contributed by atoms with Crippen LogP contribution in [-0.2, 0) is 20.6 Å². The molecule has 0 radical (unpaired) electrons. The maximum atomic E-state index is 13.6. The number of hydrogen-bond donors (Lipinski definition) is 6. The second-order valence-electron chi connectivity index (χ2n) is 15.9. The summed E-state index contributed by atoms with van der Waals surface area (Å²) in [5.41, 5.74) is -0.428. The molecule has 56 heavy (non-hydrogen) atoms. The average molecular weight is 813 g/mol. The van der Waals surface area contributed by atoms with Gasteiger partial charge in [0.25, 0.3) is 0 Å². The first kappa shape index (κ1) is 41.2. The second kappa shape index (κ2) is 17.5. The number of carboxylic acids is 1. The van der Waals surface area contributed by atoms with Crippen LogP contribution in [0.4, 0.5) is 0 Å². The fourth-order valence-electron chi connectivity index (χ4n) is 10.00. The number of aryl methyl sites for hydroxylation is 2. The van der Waals surface area contributed by atoms with E-state index in [1.165, 1.54) is 22.9 Å². The van der Waals surface area contributed by atoms with Crippen molar-refractivity contribution in [3.63, 3.8) is 0 Å². The highest BCUT2D eigenvalue weighted by Crippen LogP contribution is 2.55. The highest BCUT2D eigenvalue weighted by molar-refractivity contribution is 8.76. The number of carbonyl (C=O) groups is 2. The number of rotatable bonds is 10. The molecule has 14 heteroatoms. The SMILES string of the molecule is Cc1cc2cc(C(=O)O)cc(OC3OC(CO)C4(CCC5CCCC6COCC(CCO)(CSSCO4)C56)C(O)C3O)c2c(O)c1C(=O)CCc1ccccc1. The summed E-state index contributed by atoms with van der Waals surface area (Å²) in [4.78, 5) is 25.9. The van der Waals surface area contributed by atoms with E-state index < -0.39 is 48.5 Å². The molecule has 4 aliphatic rings. The molecule has 0 aromatic heterocycles. The monoisotopic (exact) mass is 812 g/mol. The number of fused-ring (bicyclic) bond motifs is 1. The van der Waals surface area contributed by atoms with Gasteiger partial charge in [0.15, 0.2) is 5.78 Å². The topological polar surface area (TPSA) is 192 Å². The first-order chi connectivity index (χ1) is 27.0. The van der Waals surface area contributed by atoms with E-state index in [9.17, 15) is 40.2 Å². The predicted octanol–water partition coefficient (Wildman–Crippen LogP) is 5.50. The molecule has 0 amide bonds. The third kappa shape index (κ3) is 7.93. The Hall–Kier alpha value is -2.92. The molecule has 3 heterocycles. The summed E-state index contributed by atoms with van der Waals surface area (Å²) in [7, 11) is 3.08. The zero-order valence-corrected chi connectivity index (χ0v) is 33.1. The molecular weight excluding hydrogens is 761 g/mol. The van der Waals surface area contributed by atoms with Crippen molar-refractivity contribution in [3.8, 4) is 11.5 Å². The van der Waals surface area contributed by atoms with Crippen molar-refractivity contribution in [2.24, 2.45) is 23.2 Å². The van der Waals surface area contributed by atoms with Crippen molar-refractivity contribution in [1.29, 1.82) is 0 Å². The summed E-state index contributed by atoms with van der Waals surface area (Å²) in [6, 6.07) is 13.6. The Morgan fingerprint density at radius 1 is 1.02 bits per heavy atom. The molecule has 7 rings (SSSR count). The quantitative estimate of drug-likeness (QED) is 0.111. The second-order valence-corrected chi connectivity index (χ2v) is 18.3. The number of Topliss-reactive ketones (excluding diaryl/α,β-unsaturated/α-hetero) is 1. The Kier molecular flexibility index (Phi) is 12.9. The lowest BCUT2D eigenvalue weighted by molar-refractivity contribution is -0.323. The van der Waals surface area contributed by atoms with Crippen LogP contribution in [0.2, 0.25) is 0 Å². The van der Waals surface area contributed by atoms with E-state index in [0.717, 1.165) is 30.6 Å². The third-order valence-corrected chi connectivity index (χ3v) is 14.9. The smallest absolute Gasteiger partial charge is 0.335 e. The number of aliphatic hydroxyl groups excluding tert-OH is 4. The number of aromatic carboxylic acids is 1. The largest absolute Gasteiger partial charge is 0.506 e. The van der Waals surface area contributed by atoms with Gasteiger partial charge in [-0.3, -0.25) is 4.79 Å². The summed E-state index contributed by atoms with van der Waals surface area (Å²) < 4.78 is 25.1. The molecule has 3 aliphatic heterocycles. The summed E-state index contributed by atoms with van der Waals surface area (Å²) in [5, 5.41) is 66.9. The Balaban J connectivity index is 1.19. The molecule has 12 nitrogen and oxygen atoms in total. The lowest BCUT2D eigenvalue weighted by atomic mass is 9.56. The van der Waals surface area contributed by atoms with E-state index in [1.54, 1.807) is 23.8 Å². The van der Waals surface area contributed by atoms with Gasteiger partial charge < -0.3 is 49.6 Å². The molecule has 1 saturated carbocycles. The minimum atomic E-state index is -1.72. The molecule has 6 N–H and O–H groups in total. The number of aromatic hydroxyl groups is 1. The fraction of sp³-hybridized carbons (Fsp3) is 0.571. The van der Waals surface area contributed by atoms with Crippen LogP contribution in [-0.4, -0.2) is 111 Å². The summed E-state index contributed by atoms with van der Waals surface area (Å²) >= 11 is 0. The van der Waals surface area contributed by atoms with Gasteiger partial charge >= 0.3 is 5.97 Å². The van der Waals surface area contributed by atoms with Crippen LogP contribution < -0.4 is 4.74 Å². The number of benzene rings is 3. The number of aliphatic hydroxyl groups is 4. The van der Waals surface area contributed by atoms with Crippen LogP contribution in [0.25, 0.3) is 10.8 Å². The van der Waals surface area contributed by atoms with Crippen molar-refractivity contribution in [1.82, 2.24) is 0 Å². The summed E-state index contributed by atoms with van der Waals surface area (Å²) in [6.45, 7) is 2.39. The van der Waals surface area contributed by atoms with Crippen LogP contribution in [0.5, 0.6) is 11.5 Å². The maximum absolute atomic E-state index is 13.6. The minimum Gasteiger partial charge on any atom is -0.506 e. The Labute approximate surface area is 334 Å². The lowest BCUT2D eigenvalue weighted by Crippen LogP contribution is -2.69. The molecule has 304 valence electrons. The van der Waals surface area contributed by atoms with E-state index in [-0.39, 0.29) is 76.1 Å². The molecule has 3 aromatic carbocycles. The number of hydrogen-bond acceptors (Lipinski definition) is 13. The highest BCUT2D eigenvalue weighted by atomic mass is 33.1. The molecule has 9 atom stereocenters. The third-order valence-electron chi connectivity index (χ3n) is 12.7. The molecule has 0 bridgehead atoms. The molecule has 1 spiro atoms. The van der Waals surface area contributed by atoms with Gasteiger partial charge in [-0.2, -0.15) is 0 Å². The minimum absolute atomic E-state index is 0.0454. The van der Waals surface area contributed by atoms with Crippen LogP contribution in [0.3, 0.4) is 0 Å². The van der Waals surface area contributed by atoms with Gasteiger partial charge in [-0.25, -0.2) is 4.79 Å². The van der Waals surface area contributed by atoms with Crippen LogP contribution in [0.1, 0.15) is 76.8 Å². The van der Waals surface area contributed by atoms with Gasteiger partial charge in [0.2, 0.25) is 6.29 Å². The first-order valence-corrected chi connectivity index (χ1v) is 22.0. The normalized spacial score (nSPS) is 32.3. The van der Waals surface area contributed by atoms with Gasteiger partial charge in [-0.15, -0.1) is 0 Å². The van der Waals surface area contributed by atoms with E-state index in [0.29, 0.717) is 44.0 Å².